The number of nitrogens with zero attached hydrogens (tertiary/aromatic N) is 2. The molecule has 0 saturated carbocycles. The average molecular weight is 521 g/mol. The van der Waals surface area contributed by atoms with Crippen molar-refractivity contribution in [2.24, 2.45) is 0 Å². The number of rotatable bonds is 5. The van der Waals surface area contributed by atoms with Crippen LogP contribution in [0.5, 0.6) is 0 Å². The maximum Gasteiger partial charge on any atom is 0.123 e. The minimum absolute atomic E-state index is 0.219. The van der Waals surface area contributed by atoms with Crippen molar-refractivity contribution >= 4 is 34.0 Å². The van der Waals surface area contributed by atoms with E-state index in [1.807, 2.05) is 12.1 Å². The van der Waals surface area contributed by atoms with Gasteiger partial charge in [-0.15, -0.1) is 0 Å². The first-order valence-corrected chi connectivity index (χ1v) is 13.8. The Bertz CT molecular complexity index is 1830. The second-order valence-corrected chi connectivity index (χ2v) is 10.4. The lowest BCUT2D eigenvalue weighted by Gasteiger charge is -2.26. The highest BCUT2D eigenvalue weighted by molar-refractivity contribution is 5.97. The fourth-order valence-corrected chi connectivity index (χ4v) is 5.81. The zero-order chi connectivity index (χ0) is 27.1. The molecule has 40 heavy (non-hydrogen) atoms. The fourth-order valence-electron chi connectivity index (χ4n) is 5.81. The van der Waals surface area contributed by atoms with Crippen LogP contribution in [0.1, 0.15) is 23.2 Å². The third kappa shape index (κ3) is 4.30. The number of aromatic nitrogens is 1. The Hall–Kier alpha value is -4.89. The fraction of sp³-hybridized carbons (Fsp3) is 0.0811. The predicted molar refractivity (Wildman–Crippen MR) is 165 cm³/mol. The van der Waals surface area contributed by atoms with Gasteiger partial charge in [-0.1, -0.05) is 72.3 Å². The van der Waals surface area contributed by atoms with Gasteiger partial charge in [0, 0.05) is 39.4 Å². The largest absolute Gasteiger partial charge is 0.313 e. The zero-order valence-electron chi connectivity index (χ0n) is 22.4. The molecule has 0 radical (unpaired) electrons. The Kier molecular flexibility index (Phi) is 6.05. The van der Waals surface area contributed by atoms with Crippen molar-refractivity contribution in [2.75, 3.05) is 4.90 Å². The number of anilines is 3. The molecule has 0 atom stereocenters. The summed E-state index contributed by atoms with van der Waals surface area (Å²) in [4.78, 5) is 2.31. The van der Waals surface area contributed by atoms with Crippen LogP contribution in [0, 0.1) is 12.7 Å². The molecule has 7 rings (SSSR count). The van der Waals surface area contributed by atoms with Gasteiger partial charge in [-0.25, -0.2) is 4.39 Å². The van der Waals surface area contributed by atoms with Gasteiger partial charge < -0.3 is 9.47 Å². The van der Waals surface area contributed by atoms with E-state index in [1.54, 1.807) is 0 Å². The topological polar surface area (TPSA) is 8.17 Å². The second-order valence-electron chi connectivity index (χ2n) is 10.4. The van der Waals surface area contributed by atoms with Crippen LogP contribution in [-0.4, -0.2) is 4.57 Å². The van der Waals surface area contributed by atoms with E-state index >= 15 is 0 Å². The average Bonchev–Trinajstić information content (AvgIpc) is 3.33. The van der Waals surface area contributed by atoms with Crippen LogP contribution in [0.4, 0.5) is 21.5 Å². The number of halogens is 1. The van der Waals surface area contributed by atoms with Gasteiger partial charge in [0.15, 0.2) is 0 Å². The molecule has 2 nitrogen and oxygen atoms in total. The smallest absolute Gasteiger partial charge is 0.123 e. The molecule has 1 aliphatic carbocycles. The van der Waals surface area contributed by atoms with Crippen LogP contribution in [-0.2, 0) is 6.42 Å². The lowest BCUT2D eigenvalue weighted by atomic mass is 10.0. The minimum Gasteiger partial charge on any atom is -0.313 e. The molecule has 0 unspecified atom stereocenters. The summed E-state index contributed by atoms with van der Waals surface area (Å²) in [5.41, 5.74) is 11.6. The van der Waals surface area contributed by atoms with Crippen LogP contribution < -0.4 is 4.90 Å². The van der Waals surface area contributed by atoms with Gasteiger partial charge >= 0.3 is 0 Å². The molecule has 5 aromatic carbocycles. The van der Waals surface area contributed by atoms with Crippen LogP contribution in [0.2, 0.25) is 0 Å². The van der Waals surface area contributed by atoms with Gasteiger partial charge in [-0.05, 0) is 97.6 Å². The molecule has 1 aliphatic rings. The van der Waals surface area contributed by atoms with E-state index in [4.69, 9.17) is 0 Å². The lowest BCUT2D eigenvalue weighted by Crippen LogP contribution is -2.09. The van der Waals surface area contributed by atoms with Gasteiger partial charge in [0.05, 0.1) is 5.52 Å². The summed E-state index contributed by atoms with van der Waals surface area (Å²) in [7, 11) is 0. The van der Waals surface area contributed by atoms with Crippen LogP contribution in [0.25, 0.3) is 33.8 Å². The third-order valence-electron chi connectivity index (χ3n) is 7.79. The van der Waals surface area contributed by atoms with E-state index in [0.29, 0.717) is 0 Å². The number of hydrogen-bond donors (Lipinski definition) is 0. The molecule has 194 valence electrons. The molecular formula is C37H29FN2. The Balaban J connectivity index is 1.37. The predicted octanol–water partition coefficient (Wildman–Crippen LogP) is 10.2. The summed E-state index contributed by atoms with van der Waals surface area (Å²) in [5, 5.41) is 1.20. The van der Waals surface area contributed by atoms with Crippen molar-refractivity contribution in [2.45, 2.75) is 19.8 Å². The van der Waals surface area contributed by atoms with E-state index < -0.39 is 0 Å². The van der Waals surface area contributed by atoms with Crippen molar-refractivity contribution in [1.82, 2.24) is 4.57 Å². The number of aryl methyl sites for hydroxylation is 1. The van der Waals surface area contributed by atoms with Gasteiger partial charge in [-0.2, -0.15) is 0 Å². The molecule has 0 N–H and O–H groups in total. The Labute approximate surface area is 234 Å². The highest BCUT2D eigenvalue weighted by Crippen LogP contribution is 2.40. The molecule has 6 aromatic rings. The van der Waals surface area contributed by atoms with Gasteiger partial charge in [0.1, 0.15) is 5.82 Å². The van der Waals surface area contributed by atoms with Gasteiger partial charge in [-0.3, -0.25) is 0 Å². The lowest BCUT2D eigenvalue weighted by molar-refractivity contribution is 0.627. The van der Waals surface area contributed by atoms with Crippen molar-refractivity contribution < 1.29 is 4.39 Å². The van der Waals surface area contributed by atoms with Crippen molar-refractivity contribution in [3.63, 3.8) is 0 Å². The molecular weight excluding hydrogens is 491 g/mol. The molecule has 1 aromatic heterocycles. The van der Waals surface area contributed by atoms with Crippen molar-refractivity contribution in [3.05, 3.63) is 150 Å². The first-order valence-electron chi connectivity index (χ1n) is 13.8. The number of hydrogen-bond acceptors (Lipinski definition) is 1. The number of benzene rings is 5. The van der Waals surface area contributed by atoms with Crippen molar-refractivity contribution in [3.8, 4) is 16.8 Å². The number of para-hydroxylation sites is 1. The summed E-state index contributed by atoms with van der Waals surface area (Å²) in [6.45, 7) is 2.11. The molecule has 3 heteroatoms. The molecule has 0 saturated heterocycles. The van der Waals surface area contributed by atoms with E-state index in [-0.39, 0.29) is 5.82 Å². The second kappa shape index (κ2) is 10.0. The normalized spacial score (nSPS) is 12.4. The first kappa shape index (κ1) is 24.2. The zero-order valence-corrected chi connectivity index (χ0v) is 22.4. The van der Waals surface area contributed by atoms with Crippen molar-refractivity contribution in [1.29, 1.82) is 0 Å². The van der Waals surface area contributed by atoms with E-state index in [1.165, 1.54) is 45.5 Å². The van der Waals surface area contributed by atoms with Crippen LogP contribution in [0.3, 0.4) is 0 Å². The monoisotopic (exact) mass is 520 g/mol. The summed E-state index contributed by atoms with van der Waals surface area (Å²) < 4.78 is 16.0. The summed E-state index contributed by atoms with van der Waals surface area (Å²) in [6, 6.07) is 41.5. The Morgan fingerprint density at radius 1 is 0.675 bits per heavy atom. The quantitative estimate of drug-likeness (QED) is 0.219. The molecule has 0 fully saturated rings. The summed E-state index contributed by atoms with van der Waals surface area (Å²) in [6.07, 6.45) is 6.45. The summed E-state index contributed by atoms with van der Waals surface area (Å²) in [5.74, 6) is -0.219. The maximum atomic E-state index is 13.8. The molecule has 0 bridgehead atoms. The van der Waals surface area contributed by atoms with Gasteiger partial charge in [0.2, 0.25) is 0 Å². The highest BCUT2D eigenvalue weighted by atomic mass is 19.1. The molecule has 0 amide bonds. The molecule has 0 spiro atoms. The van der Waals surface area contributed by atoms with Gasteiger partial charge in [0.25, 0.3) is 0 Å². The van der Waals surface area contributed by atoms with Crippen LogP contribution in [0.15, 0.2) is 127 Å². The third-order valence-corrected chi connectivity index (χ3v) is 7.79. The molecule has 1 heterocycles. The van der Waals surface area contributed by atoms with E-state index in [9.17, 15) is 4.39 Å². The summed E-state index contributed by atoms with van der Waals surface area (Å²) >= 11 is 0. The number of allylic oxidation sites excluding steroid dienone is 1. The first-order chi connectivity index (χ1) is 19.7. The standard InChI is InChI=1S/C37H29FN2/c1-26-11-13-27(14-12-26)28-15-19-31(20-16-28)39(30-7-3-2-4-8-30)33-23-24-37-35(25-33)34-9-5-6-10-36(34)40(37)32-21-17-29(38)18-22-32/h2-5,7-9,11-25H,6,10H2,1H3. The number of fused-ring (bicyclic) bond motifs is 3. The maximum absolute atomic E-state index is 13.8. The SMILES string of the molecule is Cc1ccc(-c2ccc(N(c3ccccc3)c3ccc4c(c3)c3c(n4-c4ccc(F)cc4)CCC=C3)cc2)cc1. The van der Waals surface area contributed by atoms with E-state index in [2.05, 4.69) is 126 Å². The minimum atomic E-state index is -0.219. The van der Waals surface area contributed by atoms with E-state index in [0.717, 1.165) is 41.1 Å². The van der Waals surface area contributed by atoms with Crippen LogP contribution >= 0.6 is 0 Å². The highest BCUT2D eigenvalue weighted by Gasteiger charge is 2.21. The Morgan fingerprint density at radius 3 is 2.05 bits per heavy atom. The molecule has 0 aliphatic heterocycles. The Morgan fingerprint density at radius 2 is 1.32 bits per heavy atom.